The van der Waals surface area contributed by atoms with Gasteiger partial charge in [-0.1, -0.05) is 17.7 Å². The number of rotatable bonds is 4. The fourth-order valence-electron chi connectivity index (χ4n) is 3.06. The van der Waals surface area contributed by atoms with Crippen molar-refractivity contribution in [1.82, 2.24) is 19.7 Å². The lowest BCUT2D eigenvalue weighted by Crippen LogP contribution is -2.14. The van der Waals surface area contributed by atoms with Crippen LogP contribution in [0.2, 0.25) is 5.02 Å². The van der Waals surface area contributed by atoms with Crippen LogP contribution in [0.15, 0.2) is 69.6 Å². The molecule has 0 fully saturated rings. The first-order chi connectivity index (χ1) is 13.4. The second-order valence-electron chi connectivity index (χ2n) is 6.08. The molecule has 0 saturated heterocycles. The summed E-state index contributed by atoms with van der Waals surface area (Å²) in [5, 5.41) is 6.64. The summed E-state index contributed by atoms with van der Waals surface area (Å²) in [6.07, 6.45) is 4.53. The minimum absolute atomic E-state index is 0.0179. The number of nitrogens with zero attached hydrogens (tertiary/aromatic N) is 3. The lowest BCUT2D eigenvalue weighted by atomic mass is 10.3. The summed E-state index contributed by atoms with van der Waals surface area (Å²) in [6, 6.07) is 9.29. The molecule has 1 aromatic carbocycles. The van der Waals surface area contributed by atoms with E-state index in [1.165, 1.54) is 35.0 Å². The van der Waals surface area contributed by atoms with E-state index in [1.807, 2.05) is 0 Å². The maximum Gasteiger partial charge on any atom is 0.288 e. The first-order valence-electron chi connectivity index (χ1n) is 8.14. The number of anilines is 1. The standard InChI is InChI=1S/C18H14ClN5O3S/c19-12-3-5-13(6-4-12)28(26,27)16-14-9-22-23-18(25)15(14)24(17(16)20)10-11-2-1-7-21-8-11/h1-9H,10,20H2,(H,23,25). The second-order valence-corrected chi connectivity index (χ2v) is 8.40. The minimum atomic E-state index is -4.01. The number of nitrogens with two attached hydrogens (primary N) is 1. The molecule has 0 radical (unpaired) electrons. The van der Waals surface area contributed by atoms with E-state index < -0.39 is 15.4 Å². The second kappa shape index (κ2) is 6.77. The Bertz CT molecular complexity index is 1330. The van der Waals surface area contributed by atoms with Gasteiger partial charge in [-0.05, 0) is 35.9 Å². The van der Waals surface area contributed by atoms with Gasteiger partial charge in [0.2, 0.25) is 9.84 Å². The van der Waals surface area contributed by atoms with Crippen molar-refractivity contribution in [1.29, 1.82) is 0 Å². The topological polar surface area (TPSA) is 124 Å². The summed E-state index contributed by atoms with van der Waals surface area (Å²) in [6.45, 7) is 0.180. The molecule has 142 valence electrons. The zero-order chi connectivity index (χ0) is 19.9. The van der Waals surface area contributed by atoms with Crippen molar-refractivity contribution in [2.45, 2.75) is 16.3 Å². The number of fused-ring (bicyclic) bond motifs is 1. The maximum absolute atomic E-state index is 13.3. The first-order valence-corrected chi connectivity index (χ1v) is 10.0. The predicted molar refractivity (Wildman–Crippen MR) is 105 cm³/mol. The van der Waals surface area contributed by atoms with Gasteiger partial charge in [0.15, 0.2) is 0 Å². The number of hydrogen-bond donors (Lipinski definition) is 2. The Kier molecular flexibility index (Phi) is 4.40. The van der Waals surface area contributed by atoms with Crippen LogP contribution in [-0.4, -0.2) is 28.2 Å². The van der Waals surface area contributed by atoms with Crippen LogP contribution in [0, 0.1) is 0 Å². The molecule has 3 aromatic heterocycles. The lowest BCUT2D eigenvalue weighted by molar-refractivity contribution is 0.597. The van der Waals surface area contributed by atoms with Crippen LogP contribution >= 0.6 is 11.6 Å². The van der Waals surface area contributed by atoms with E-state index in [4.69, 9.17) is 17.3 Å². The van der Waals surface area contributed by atoms with E-state index in [2.05, 4.69) is 15.2 Å². The third-order valence-electron chi connectivity index (χ3n) is 4.32. The van der Waals surface area contributed by atoms with Crippen LogP contribution in [0.1, 0.15) is 5.56 Å². The fraction of sp³-hybridized carbons (Fsp3) is 0.0556. The molecule has 0 spiro atoms. The average Bonchev–Trinajstić information content (AvgIpc) is 2.96. The molecule has 0 bridgehead atoms. The Hall–Kier alpha value is -3.17. The van der Waals surface area contributed by atoms with Crippen molar-refractivity contribution < 1.29 is 8.42 Å². The van der Waals surface area contributed by atoms with Gasteiger partial charge in [-0.2, -0.15) is 5.10 Å². The number of sulfone groups is 1. The quantitative estimate of drug-likeness (QED) is 0.526. The fourth-order valence-corrected chi connectivity index (χ4v) is 4.74. The third-order valence-corrected chi connectivity index (χ3v) is 6.44. The molecule has 0 aliphatic heterocycles. The zero-order valence-electron chi connectivity index (χ0n) is 14.3. The highest BCUT2D eigenvalue weighted by Gasteiger charge is 2.29. The van der Waals surface area contributed by atoms with Crippen LogP contribution in [0.4, 0.5) is 5.82 Å². The Morgan fingerprint density at radius 3 is 2.57 bits per heavy atom. The molecule has 0 unspecified atom stereocenters. The first kappa shape index (κ1) is 18.2. The molecule has 3 N–H and O–H groups in total. The summed E-state index contributed by atoms with van der Waals surface area (Å²) < 4.78 is 28.0. The van der Waals surface area contributed by atoms with Gasteiger partial charge in [-0.25, -0.2) is 13.5 Å². The lowest BCUT2D eigenvalue weighted by Gasteiger charge is -2.08. The van der Waals surface area contributed by atoms with Gasteiger partial charge in [0.05, 0.1) is 17.6 Å². The van der Waals surface area contributed by atoms with Gasteiger partial charge in [0, 0.05) is 22.8 Å². The van der Waals surface area contributed by atoms with Gasteiger partial charge >= 0.3 is 0 Å². The molecule has 28 heavy (non-hydrogen) atoms. The Morgan fingerprint density at radius 2 is 1.89 bits per heavy atom. The number of aromatic nitrogens is 4. The number of hydrogen-bond acceptors (Lipinski definition) is 6. The molecule has 4 aromatic rings. The van der Waals surface area contributed by atoms with E-state index in [-0.39, 0.29) is 33.1 Å². The summed E-state index contributed by atoms with van der Waals surface area (Å²) in [5.41, 5.74) is 6.60. The van der Waals surface area contributed by atoms with Crippen molar-refractivity contribution in [2.24, 2.45) is 0 Å². The van der Waals surface area contributed by atoms with Crippen molar-refractivity contribution in [2.75, 3.05) is 5.73 Å². The molecule has 0 amide bonds. The number of aromatic amines is 1. The average molecular weight is 416 g/mol. The molecule has 0 aliphatic rings. The Balaban J connectivity index is 2.00. The molecule has 10 heteroatoms. The smallest absolute Gasteiger partial charge is 0.288 e. The number of nitrogen functional groups attached to an aromatic ring is 1. The van der Waals surface area contributed by atoms with Crippen LogP contribution in [0.5, 0.6) is 0 Å². The van der Waals surface area contributed by atoms with Crippen molar-refractivity contribution >= 4 is 38.2 Å². The van der Waals surface area contributed by atoms with Gasteiger partial charge in [-0.3, -0.25) is 9.78 Å². The highest BCUT2D eigenvalue weighted by atomic mass is 35.5. The monoisotopic (exact) mass is 415 g/mol. The third kappa shape index (κ3) is 2.94. The number of pyridine rings is 1. The summed E-state index contributed by atoms with van der Waals surface area (Å²) in [7, 11) is -4.01. The van der Waals surface area contributed by atoms with Crippen LogP contribution in [0.3, 0.4) is 0 Å². The normalized spacial score (nSPS) is 11.8. The van der Waals surface area contributed by atoms with Crippen LogP contribution < -0.4 is 11.3 Å². The van der Waals surface area contributed by atoms with E-state index in [0.29, 0.717) is 5.02 Å². The van der Waals surface area contributed by atoms with E-state index >= 15 is 0 Å². The van der Waals surface area contributed by atoms with Crippen molar-refractivity contribution in [3.05, 3.63) is 75.9 Å². The van der Waals surface area contributed by atoms with Crippen LogP contribution in [-0.2, 0) is 16.4 Å². The SMILES string of the molecule is Nc1c(S(=O)(=O)c2ccc(Cl)cc2)c2cn[nH]c(=O)c2n1Cc1cccnc1. The number of nitrogens with one attached hydrogen (secondary N) is 1. The van der Waals surface area contributed by atoms with Crippen LogP contribution in [0.25, 0.3) is 10.9 Å². The highest BCUT2D eigenvalue weighted by molar-refractivity contribution is 7.92. The van der Waals surface area contributed by atoms with Crippen molar-refractivity contribution in [3.63, 3.8) is 0 Å². The van der Waals surface area contributed by atoms with E-state index in [1.54, 1.807) is 24.5 Å². The maximum atomic E-state index is 13.3. The molecule has 4 rings (SSSR count). The Morgan fingerprint density at radius 1 is 1.14 bits per heavy atom. The number of H-pyrrole nitrogens is 1. The zero-order valence-corrected chi connectivity index (χ0v) is 15.9. The van der Waals surface area contributed by atoms with Gasteiger partial charge in [0.25, 0.3) is 5.56 Å². The van der Waals surface area contributed by atoms with E-state index in [0.717, 1.165) is 5.56 Å². The molecule has 0 aliphatic carbocycles. The number of benzene rings is 1. The predicted octanol–water partition coefficient (Wildman–Crippen LogP) is 2.24. The minimum Gasteiger partial charge on any atom is -0.384 e. The highest BCUT2D eigenvalue weighted by Crippen LogP contribution is 2.35. The van der Waals surface area contributed by atoms with Gasteiger partial charge in [0.1, 0.15) is 16.2 Å². The van der Waals surface area contributed by atoms with Gasteiger partial charge in [-0.15, -0.1) is 0 Å². The molecule has 0 saturated carbocycles. The molecular weight excluding hydrogens is 402 g/mol. The number of halogens is 1. The van der Waals surface area contributed by atoms with Crippen molar-refractivity contribution in [3.8, 4) is 0 Å². The Labute approximate surface area is 164 Å². The van der Waals surface area contributed by atoms with E-state index in [9.17, 15) is 13.2 Å². The molecule has 3 heterocycles. The summed E-state index contributed by atoms with van der Waals surface area (Å²) in [5.74, 6) is -0.0488. The van der Waals surface area contributed by atoms with Gasteiger partial charge < -0.3 is 10.3 Å². The molecule has 8 nitrogen and oxygen atoms in total. The summed E-state index contributed by atoms with van der Waals surface area (Å²) in [4.78, 5) is 16.3. The summed E-state index contributed by atoms with van der Waals surface area (Å²) >= 11 is 5.86. The largest absolute Gasteiger partial charge is 0.384 e. The molecule has 0 atom stereocenters. The molecular formula is C18H14ClN5O3S.